The average molecular weight is 309 g/mol. The molecule has 0 saturated heterocycles. The molecule has 1 N–H and O–H groups in total. The predicted octanol–water partition coefficient (Wildman–Crippen LogP) is 2.84. The van der Waals surface area contributed by atoms with Crippen LogP contribution in [0.5, 0.6) is 0 Å². The Bertz CT molecular complexity index is 451. The topological polar surface area (TPSA) is 32.3 Å². The van der Waals surface area contributed by atoms with Crippen molar-refractivity contribution in [2.24, 2.45) is 0 Å². The van der Waals surface area contributed by atoms with Crippen LogP contribution in [0.15, 0.2) is 24.3 Å². The minimum absolute atomic E-state index is 0.323. The van der Waals surface area contributed by atoms with Gasteiger partial charge in [-0.25, -0.2) is 0 Å². The van der Waals surface area contributed by atoms with Crippen molar-refractivity contribution in [3.05, 3.63) is 34.9 Å². The van der Waals surface area contributed by atoms with Crippen molar-refractivity contribution in [2.75, 3.05) is 19.6 Å². The molecule has 0 aromatic heterocycles. The predicted molar refractivity (Wildman–Crippen MR) is 71.5 cm³/mol. The first-order valence-electron chi connectivity index (χ1n) is 6.11. The van der Waals surface area contributed by atoms with Gasteiger partial charge in [-0.2, -0.15) is 13.2 Å². The number of rotatable bonds is 6. The van der Waals surface area contributed by atoms with Crippen LogP contribution in [0.3, 0.4) is 0 Å². The Morgan fingerprint density at radius 1 is 1.40 bits per heavy atom. The summed E-state index contributed by atoms with van der Waals surface area (Å²) in [5.74, 6) is -0.378. The molecular weight excluding hydrogens is 293 g/mol. The summed E-state index contributed by atoms with van der Waals surface area (Å²) in [5, 5.41) is 2.65. The minimum Gasteiger partial charge on any atom is -0.338 e. The van der Waals surface area contributed by atoms with E-state index in [1.54, 1.807) is 25.1 Å². The molecular formula is C13H16ClF3N2O. The van der Waals surface area contributed by atoms with Gasteiger partial charge in [0.1, 0.15) is 0 Å². The summed E-state index contributed by atoms with van der Waals surface area (Å²) in [5.41, 5.74) is 0.837. The molecule has 1 rings (SSSR count). The summed E-state index contributed by atoms with van der Waals surface area (Å²) in [6, 6.07) is 7.01. The van der Waals surface area contributed by atoms with Crippen molar-refractivity contribution in [2.45, 2.75) is 19.6 Å². The molecule has 0 spiro atoms. The molecule has 0 fully saturated rings. The van der Waals surface area contributed by atoms with E-state index in [0.717, 1.165) is 5.56 Å². The number of halogens is 4. The van der Waals surface area contributed by atoms with E-state index >= 15 is 0 Å². The van der Waals surface area contributed by atoms with Crippen molar-refractivity contribution in [3.8, 4) is 0 Å². The number of amides is 1. The van der Waals surface area contributed by atoms with E-state index in [2.05, 4.69) is 5.32 Å². The van der Waals surface area contributed by atoms with Gasteiger partial charge in [-0.05, 0) is 24.6 Å². The number of hydrogen-bond acceptors (Lipinski definition) is 2. The largest absolute Gasteiger partial charge is 0.401 e. The second-order valence-corrected chi connectivity index (χ2v) is 4.69. The van der Waals surface area contributed by atoms with E-state index in [0.29, 0.717) is 18.1 Å². The summed E-state index contributed by atoms with van der Waals surface area (Å²) < 4.78 is 35.9. The van der Waals surface area contributed by atoms with Crippen LogP contribution in [0.1, 0.15) is 12.5 Å². The van der Waals surface area contributed by atoms with E-state index in [9.17, 15) is 18.0 Å². The van der Waals surface area contributed by atoms with Gasteiger partial charge >= 0.3 is 6.18 Å². The molecule has 7 heteroatoms. The second kappa shape index (κ2) is 7.50. The molecule has 20 heavy (non-hydrogen) atoms. The zero-order chi connectivity index (χ0) is 15.2. The summed E-state index contributed by atoms with van der Waals surface area (Å²) in [7, 11) is 0. The van der Waals surface area contributed by atoms with Gasteiger partial charge in [-0.15, -0.1) is 0 Å². The highest BCUT2D eigenvalue weighted by Gasteiger charge is 2.26. The molecule has 0 aliphatic heterocycles. The molecule has 0 aliphatic rings. The molecule has 0 heterocycles. The summed E-state index contributed by atoms with van der Waals surface area (Å²) in [6.07, 6.45) is -4.32. The van der Waals surface area contributed by atoms with Crippen molar-refractivity contribution in [3.63, 3.8) is 0 Å². The van der Waals surface area contributed by atoms with Crippen molar-refractivity contribution < 1.29 is 18.0 Å². The number of nitrogens with zero attached hydrogens (tertiary/aromatic N) is 1. The van der Waals surface area contributed by atoms with Gasteiger partial charge in [-0.1, -0.05) is 23.7 Å². The first-order chi connectivity index (χ1) is 9.31. The highest BCUT2D eigenvalue weighted by molar-refractivity contribution is 6.30. The fourth-order valence-electron chi connectivity index (χ4n) is 1.66. The SMILES string of the molecule is CCN(Cc1cccc(Cl)c1)C(=O)CNCC(F)(F)F. The van der Waals surface area contributed by atoms with Crippen LogP contribution in [0, 0.1) is 0 Å². The monoisotopic (exact) mass is 308 g/mol. The van der Waals surface area contributed by atoms with Gasteiger partial charge in [0.05, 0.1) is 13.1 Å². The van der Waals surface area contributed by atoms with E-state index < -0.39 is 12.7 Å². The van der Waals surface area contributed by atoms with Gasteiger partial charge in [-0.3, -0.25) is 4.79 Å². The van der Waals surface area contributed by atoms with Crippen molar-refractivity contribution >= 4 is 17.5 Å². The zero-order valence-corrected chi connectivity index (χ0v) is 11.8. The first kappa shape index (κ1) is 16.8. The van der Waals surface area contributed by atoms with Crippen LogP contribution >= 0.6 is 11.6 Å². The Balaban J connectivity index is 2.51. The fourth-order valence-corrected chi connectivity index (χ4v) is 1.87. The molecule has 0 bridgehead atoms. The molecule has 3 nitrogen and oxygen atoms in total. The first-order valence-corrected chi connectivity index (χ1v) is 6.49. The van der Waals surface area contributed by atoms with Crippen molar-refractivity contribution in [1.29, 1.82) is 0 Å². The number of nitrogens with one attached hydrogen (secondary N) is 1. The Hall–Kier alpha value is -1.27. The highest BCUT2D eigenvalue weighted by atomic mass is 35.5. The number of carbonyl (C=O) groups excluding carboxylic acids is 1. The maximum atomic E-state index is 12.0. The average Bonchev–Trinajstić information content (AvgIpc) is 2.34. The lowest BCUT2D eigenvalue weighted by Gasteiger charge is -2.21. The lowest BCUT2D eigenvalue weighted by molar-refractivity contribution is -0.134. The molecule has 1 aromatic carbocycles. The molecule has 0 atom stereocenters. The second-order valence-electron chi connectivity index (χ2n) is 4.26. The van der Waals surface area contributed by atoms with Crippen LogP contribution < -0.4 is 5.32 Å². The van der Waals surface area contributed by atoms with Crippen LogP contribution in [0.2, 0.25) is 5.02 Å². The Morgan fingerprint density at radius 3 is 2.65 bits per heavy atom. The summed E-state index contributed by atoms with van der Waals surface area (Å²) >= 11 is 5.84. The maximum Gasteiger partial charge on any atom is 0.401 e. The third-order valence-corrected chi connectivity index (χ3v) is 2.83. The number of carbonyl (C=O) groups is 1. The fraction of sp³-hybridized carbons (Fsp3) is 0.462. The van der Waals surface area contributed by atoms with Crippen molar-refractivity contribution in [1.82, 2.24) is 10.2 Å². The molecule has 1 aromatic rings. The number of benzene rings is 1. The number of hydrogen-bond donors (Lipinski definition) is 1. The summed E-state index contributed by atoms with van der Waals surface area (Å²) in [6.45, 7) is 0.996. The number of likely N-dealkylation sites (N-methyl/N-ethyl adjacent to an activating group) is 1. The van der Waals surface area contributed by atoms with E-state index in [1.807, 2.05) is 6.07 Å². The highest BCUT2D eigenvalue weighted by Crippen LogP contribution is 2.13. The van der Waals surface area contributed by atoms with Crippen LogP contribution in [0.25, 0.3) is 0 Å². The van der Waals surface area contributed by atoms with E-state index in [1.165, 1.54) is 4.90 Å². The smallest absolute Gasteiger partial charge is 0.338 e. The lowest BCUT2D eigenvalue weighted by atomic mass is 10.2. The molecule has 0 aliphatic carbocycles. The Morgan fingerprint density at radius 2 is 2.10 bits per heavy atom. The van der Waals surface area contributed by atoms with Gasteiger partial charge in [0.15, 0.2) is 0 Å². The molecule has 0 saturated carbocycles. The van der Waals surface area contributed by atoms with Gasteiger partial charge < -0.3 is 10.2 Å². The third kappa shape index (κ3) is 6.25. The Labute approximate surface area is 120 Å². The lowest BCUT2D eigenvalue weighted by Crippen LogP contribution is -2.40. The molecule has 1 amide bonds. The van der Waals surface area contributed by atoms with Gasteiger partial charge in [0.25, 0.3) is 0 Å². The maximum absolute atomic E-state index is 12.0. The normalized spacial score (nSPS) is 11.4. The molecule has 0 unspecified atom stereocenters. The standard InChI is InChI=1S/C13H16ClF3N2O/c1-2-19(8-10-4-3-5-11(14)6-10)12(20)7-18-9-13(15,16)17/h3-6,18H,2,7-9H2,1H3. The van der Waals surface area contributed by atoms with Gasteiger partial charge in [0, 0.05) is 18.1 Å². The van der Waals surface area contributed by atoms with E-state index in [4.69, 9.17) is 11.6 Å². The quantitative estimate of drug-likeness (QED) is 0.876. The zero-order valence-electron chi connectivity index (χ0n) is 11.0. The van der Waals surface area contributed by atoms with Crippen LogP contribution in [-0.2, 0) is 11.3 Å². The summed E-state index contributed by atoms with van der Waals surface area (Å²) in [4.78, 5) is 13.3. The Kier molecular flexibility index (Phi) is 6.29. The number of alkyl halides is 3. The minimum atomic E-state index is -4.32. The van der Waals surface area contributed by atoms with Gasteiger partial charge in [0.2, 0.25) is 5.91 Å². The van der Waals surface area contributed by atoms with Crippen LogP contribution in [0.4, 0.5) is 13.2 Å². The molecule has 0 radical (unpaired) electrons. The van der Waals surface area contributed by atoms with E-state index in [-0.39, 0.29) is 12.5 Å². The third-order valence-electron chi connectivity index (χ3n) is 2.60. The molecule has 112 valence electrons. The van der Waals surface area contributed by atoms with Crippen LogP contribution in [-0.4, -0.2) is 36.6 Å².